The van der Waals surface area contributed by atoms with Gasteiger partial charge in [-0.2, -0.15) is 0 Å². The molecule has 7 nitrogen and oxygen atoms in total. The van der Waals surface area contributed by atoms with Gasteiger partial charge in [-0.1, -0.05) is 103 Å². The Kier molecular flexibility index (Phi) is 7.83. The van der Waals surface area contributed by atoms with Crippen molar-refractivity contribution in [3.05, 3.63) is 148 Å². The third-order valence-corrected chi connectivity index (χ3v) is 5.80. The smallest absolute Gasteiger partial charge is 0.269 e. The molecular weight excluding hydrogens is 454 g/mol. The summed E-state index contributed by atoms with van der Waals surface area (Å²) in [6, 6.07) is 32.6. The second-order valence-electron chi connectivity index (χ2n) is 8.25. The van der Waals surface area contributed by atoms with Crippen LogP contribution in [0.3, 0.4) is 0 Å². The maximum atomic E-state index is 13.7. The van der Waals surface area contributed by atoms with Gasteiger partial charge in [0.15, 0.2) is 0 Å². The summed E-state index contributed by atoms with van der Waals surface area (Å²) < 4.78 is 0. The molecule has 180 valence electrons. The highest BCUT2D eigenvalue weighted by Crippen LogP contribution is 2.27. The van der Waals surface area contributed by atoms with Gasteiger partial charge in [0.25, 0.3) is 5.69 Å². The fourth-order valence-corrected chi connectivity index (χ4v) is 4.02. The fourth-order valence-electron chi connectivity index (χ4n) is 4.02. The van der Waals surface area contributed by atoms with Crippen LogP contribution in [0, 0.1) is 10.1 Å². The van der Waals surface area contributed by atoms with Crippen molar-refractivity contribution in [3.63, 3.8) is 0 Å². The number of benzene rings is 4. The Labute approximate surface area is 209 Å². The normalized spacial score (nSPS) is 11.5. The number of nitro groups is 1. The Bertz CT molecular complexity index is 1290. The van der Waals surface area contributed by atoms with E-state index < -0.39 is 28.7 Å². The molecular formula is C29H25N3O4. The summed E-state index contributed by atoms with van der Waals surface area (Å²) in [6.07, 6.45) is 0. The van der Waals surface area contributed by atoms with Gasteiger partial charge in [-0.25, -0.2) is 0 Å². The van der Waals surface area contributed by atoms with Crippen molar-refractivity contribution in [2.45, 2.75) is 18.5 Å². The molecule has 0 saturated heterocycles. The minimum atomic E-state index is -1.13. The van der Waals surface area contributed by atoms with E-state index in [0.29, 0.717) is 5.56 Å². The molecule has 0 aliphatic heterocycles. The molecule has 0 aromatic heterocycles. The van der Waals surface area contributed by atoms with Gasteiger partial charge in [0.2, 0.25) is 11.8 Å². The van der Waals surface area contributed by atoms with Crippen LogP contribution in [0.2, 0.25) is 0 Å². The number of nitrogens with one attached hydrogen (secondary N) is 2. The van der Waals surface area contributed by atoms with Gasteiger partial charge >= 0.3 is 0 Å². The van der Waals surface area contributed by atoms with Gasteiger partial charge in [0.05, 0.1) is 10.8 Å². The maximum absolute atomic E-state index is 13.7. The van der Waals surface area contributed by atoms with E-state index in [1.807, 2.05) is 91.0 Å². The van der Waals surface area contributed by atoms with Crippen molar-refractivity contribution in [1.29, 1.82) is 0 Å². The number of carbonyl (C=O) groups excluding carboxylic acids is 2. The number of nitro benzene ring substituents is 1. The molecule has 1 atom stereocenters. The molecule has 4 aromatic carbocycles. The van der Waals surface area contributed by atoms with Crippen molar-refractivity contribution in [2.24, 2.45) is 0 Å². The van der Waals surface area contributed by atoms with E-state index in [-0.39, 0.29) is 12.2 Å². The molecule has 4 aromatic rings. The molecule has 0 heterocycles. The molecule has 0 aliphatic rings. The first-order valence-electron chi connectivity index (χ1n) is 11.5. The third kappa shape index (κ3) is 6.01. The highest BCUT2D eigenvalue weighted by Gasteiger charge is 2.29. The quantitative estimate of drug-likeness (QED) is 0.263. The average molecular weight is 480 g/mol. The first kappa shape index (κ1) is 24.3. The Hall–Kier alpha value is -4.78. The van der Waals surface area contributed by atoms with Crippen LogP contribution >= 0.6 is 0 Å². The summed E-state index contributed by atoms with van der Waals surface area (Å²) in [6.45, 7) is 0.252. The molecule has 0 unspecified atom stereocenters. The summed E-state index contributed by atoms with van der Waals surface area (Å²) in [7, 11) is 0. The zero-order valence-corrected chi connectivity index (χ0v) is 19.4. The molecule has 0 bridgehead atoms. The van der Waals surface area contributed by atoms with Gasteiger partial charge in [-0.15, -0.1) is 0 Å². The van der Waals surface area contributed by atoms with Crippen LogP contribution in [-0.4, -0.2) is 16.7 Å². The minimum absolute atomic E-state index is 0.162. The van der Waals surface area contributed by atoms with E-state index in [2.05, 4.69) is 10.6 Å². The van der Waals surface area contributed by atoms with Crippen molar-refractivity contribution in [2.75, 3.05) is 0 Å². The van der Waals surface area contributed by atoms with Crippen LogP contribution in [0.4, 0.5) is 5.69 Å². The molecule has 4 rings (SSSR count). The van der Waals surface area contributed by atoms with E-state index in [1.54, 1.807) is 6.07 Å². The highest BCUT2D eigenvalue weighted by atomic mass is 16.6. The molecule has 0 aliphatic carbocycles. The molecule has 36 heavy (non-hydrogen) atoms. The summed E-state index contributed by atoms with van der Waals surface area (Å²) in [4.78, 5) is 37.9. The molecule has 2 amide bonds. The van der Waals surface area contributed by atoms with Crippen molar-refractivity contribution >= 4 is 17.5 Å². The lowest BCUT2D eigenvalue weighted by molar-refractivity contribution is -0.384. The van der Waals surface area contributed by atoms with E-state index in [1.165, 1.54) is 18.2 Å². The Morgan fingerprint density at radius 1 is 0.694 bits per heavy atom. The van der Waals surface area contributed by atoms with E-state index in [9.17, 15) is 19.7 Å². The van der Waals surface area contributed by atoms with Gasteiger partial charge in [-0.3, -0.25) is 19.7 Å². The van der Waals surface area contributed by atoms with Crippen LogP contribution in [0.5, 0.6) is 0 Å². The number of amides is 2. The number of non-ortho nitro benzene ring substituents is 1. The van der Waals surface area contributed by atoms with Gasteiger partial charge < -0.3 is 10.6 Å². The summed E-state index contributed by atoms with van der Waals surface area (Å²) in [5, 5.41) is 17.1. The predicted molar refractivity (Wildman–Crippen MR) is 137 cm³/mol. The number of carbonyl (C=O) groups is 2. The van der Waals surface area contributed by atoms with Crippen molar-refractivity contribution in [3.8, 4) is 0 Å². The molecule has 0 saturated carbocycles. The molecule has 0 fully saturated rings. The number of hydrogen-bond donors (Lipinski definition) is 2. The molecule has 0 radical (unpaired) electrons. The number of rotatable bonds is 9. The number of nitrogens with zero attached hydrogens (tertiary/aromatic N) is 1. The first-order valence-corrected chi connectivity index (χ1v) is 11.5. The van der Waals surface area contributed by atoms with Crippen LogP contribution < -0.4 is 10.6 Å². The van der Waals surface area contributed by atoms with Gasteiger partial charge in [0, 0.05) is 18.7 Å². The topological polar surface area (TPSA) is 101 Å². The molecule has 2 N–H and O–H groups in total. The van der Waals surface area contributed by atoms with Gasteiger partial charge in [0.1, 0.15) is 6.04 Å². The second kappa shape index (κ2) is 11.6. The molecule has 0 spiro atoms. The summed E-state index contributed by atoms with van der Waals surface area (Å²) >= 11 is 0. The fraction of sp³-hybridized carbons (Fsp3) is 0.103. The van der Waals surface area contributed by atoms with E-state index in [4.69, 9.17) is 0 Å². The lowest BCUT2D eigenvalue weighted by Gasteiger charge is -2.23. The lowest BCUT2D eigenvalue weighted by Crippen LogP contribution is -2.42. The largest absolute Gasteiger partial charge is 0.350 e. The first-order chi connectivity index (χ1) is 17.5. The molecule has 7 heteroatoms. The van der Waals surface area contributed by atoms with E-state index >= 15 is 0 Å². The third-order valence-electron chi connectivity index (χ3n) is 5.80. The Balaban J connectivity index is 1.66. The van der Waals surface area contributed by atoms with Gasteiger partial charge in [-0.05, 0) is 22.3 Å². The Morgan fingerprint density at radius 3 is 1.78 bits per heavy atom. The minimum Gasteiger partial charge on any atom is -0.350 e. The zero-order chi connectivity index (χ0) is 25.3. The van der Waals surface area contributed by atoms with Crippen LogP contribution in [0.15, 0.2) is 115 Å². The van der Waals surface area contributed by atoms with Crippen molar-refractivity contribution in [1.82, 2.24) is 10.6 Å². The van der Waals surface area contributed by atoms with E-state index in [0.717, 1.165) is 16.7 Å². The highest BCUT2D eigenvalue weighted by molar-refractivity contribution is 5.93. The second-order valence-corrected chi connectivity index (χ2v) is 8.25. The van der Waals surface area contributed by atoms with Crippen LogP contribution in [0.25, 0.3) is 0 Å². The average Bonchev–Trinajstić information content (AvgIpc) is 2.92. The van der Waals surface area contributed by atoms with Crippen LogP contribution in [0.1, 0.15) is 34.2 Å². The Morgan fingerprint density at radius 2 is 1.22 bits per heavy atom. The number of hydrogen-bond acceptors (Lipinski definition) is 4. The maximum Gasteiger partial charge on any atom is 0.269 e. The summed E-state index contributed by atoms with van der Waals surface area (Å²) in [5.41, 5.74) is 2.59. The zero-order valence-electron chi connectivity index (χ0n) is 19.4. The monoisotopic (exact) mass is 479 g/mol. The summed E-state index contributed by atoms with van der Waals surface area (Å²) in [5.74, 6) is -1.53. The standard InChI is InChI=1S/C29H25N3O4/c33-28(26(22-13-6-2-7-14-22)23-15-8-3-9-16-23)31-27(24-17-10-18-25(19-24)32(35)36)29(34)30-20-21-11-4-1-5-12-21/h1-19,26-27H,20H2,(H,30,34)(H,31,33)/t27-/m1/s1. The van der Waals surface area contributed by atoms with Crippen LogP contribution in [-0.2, 0) is 16.1 Å². The SMILES string of the molecule is O=C(N[C@@H](C(=O)NCc1ccccc1)c1cccc([N+](=O)[O-])c1)C(c1ccccc1)c1ccccc1. The lowest BCUT2D eigenvalue weighted by atomic mass is 9.90. The van der Waals surface area contributed by atoms with Crippen molar-refractivity contribution < 1.29 is 14.5 Å². The predicted octanol–water partition coefficient (Wildman–Crippen LogP) is 4.90.